The molecule has 0 N–H and O–H groups in total. The fourth-order valence-electron chi connectivity index (χ4n) is 3.89. The molecule has 0 spiro atoms. The molecule has 0 radical (unpaired) electrons. The van der Waals surface area contributed by atoms with E-state index in [1.165, 1.54) is 24.8 Å². The third kappa shape index (κ3) is 4.50. The summed E-state index contributed by atoms with van der Waals surface area (Å²) >= 11 is 0. The highest BCUT2D eigenvalue weighted by molar-refractivity contribution is 5.35. The maximum absolute atomic E-state index is 6.11. The zero-order valence-corrected chi connectivity index (χ0v) is 14.4. The van der Waals surface area contributed by atoms with E-state index < -0.39 is 0 Å². The Kier molecular flexibility index (Phi) is 6.12. The predicted molar refractivity (Wildman–Crippen MR) is 102 cm³/mol. The van der Waals surface area contributed by atoms with Crippen molar-refractivity contribution in [2.45, 2.75) is 32.1 Å². The lowest BCUT2D eigenvalue weighted by molar-refractivity contribution is 0.261. The largest absolute Gasteiger partial charge is 0.493 e. The molecular weight excluding hydrogens is 292 g/mol. The summed E-state index contributed by atoms with van der Waals surface area (Å²) in [7, 11) is 0. The number of hydrogen-bond acceptors (Lipinski definition) is 1. The Morgan fingerprint density at radius 1 is 1.08 bits per heavy atom. The minimum atomic E-state index is 0.819. The summed E-state index contributed by atoms with van der Waals surface area (Å²) in [4.78, 5) is 0. The standard InChI is InChI=1S/C23H28O/c1-2-3-4-5-6-7-10-20-11-8-9-12-23(20)24-16-15-22-18-19-13-14-21(22)17-19/h2,4-9,11-14,19,21-22H,1,3,10,15-18H2/b5-4-,7-6-. The van der Waals surface area contributed by atoms with Gasteiger partial charge in [-0.3, -0.25) is 0 Å². The highest BCUT2D eigenvalue weighted by Gasteiger charge is 2.35. The van der Waals surface area contributed by atoms with Gasteiger partial charge in [0.25, 0.3) is 0 Å². The van der Waals surface area contributed by atoms with Crippen LogP contribution in [0.4, 0.5) is 0 Å². The zero-order chi connectivity index (χ0) is 16.6. The van der Waals surface area contributed by atoms with Crippen molar-refractivity contribution in [3.05, 3.63) is 78.9 Å². The smallest absolute Gasteiger partial charge is 0.122 e. The van der Waals surface area contributed by atoms with Crippen LogP contribution in [0.15, 0.2) is 73.4 Å². The van der Waals surface area contributed by atoms with Gasteiger partial charge >= 0.3 is 0 Å². The molecule has 0 amide bonds. The number of rotatable bonds is 9. The Hall–Kier alpha value is -2.02. The molecule has 24 heavy (non-hydrogen) atoms. The van der Waals surface area contributed by atoms with E-state index in [0.29, 0.717) is 0 Å². The van der Waals surface area contributed by atoms with Gasteiger partial charge in [-0.2, -0.15) is 0 Å². The molecule has 2 aliphatic carbocycles. The van der Waals surface area contributed by atoms with Gasteiger partial charge in [-0.1, -0.05) is 60.7 Å². The molecule has 3 unspecified atom stereocenters. The van der Waals surface area contributed by atoms with Crippen molar-refractivity contribution < 1.29 is 4.74 Å². The molecule has 1 heteroatoms. The van der Waals surface area contributed by atoms with E-state index in [0.717, 1.165) is 43.0 Å². The van der Waals surface area contributed by atoms with Crippen LogP contribution in [0.5, 0.6) is 5.75 Å². The van der Waals surface area contributed by atoms with Gasteiger partial charge in [-0.15, -0.1) is 6.58 Å². The minimum absolute atomic E-state index is 0.819. The fourth-order valence-corrected chi connectivity index (χ4v) is 3.89. The lowest BCUT2D eigenvalue weighted by Crippen LogP contribution is -2.12. The molecule has 0 aromatic heterocycles. The van der Waals surface area contributed by atoms with E-state index >= 15 is 0 Å². The first-order valence-electron chi connectivity index (χ1n) is 9.18. The van der Waals surface area contributed by atoms with Gasteiger partial charge in [-0.25, -0.2) is 0 Å². The van der Waals surface area contributed by atoms with Crippen LogP contribution >= 0.6 is 0 Å². The molecule has 0 aliphatic heterocycles. The molecule has 2 aliphatic rings. The third-order valence-electron chi connectivity index (χ3n) is 5.16. The second-order valence-corrected chi connectivity index (χ2v) is 6.87. The van der Waals surface area contributed by atoms with Crippen LogP contribution in [-0.4, -0.2) is 6.61 Å². The molecule has 1 nitrogen and oxygen atoms in total. The molecular formula is C23H28O. The molecule has 3 atom stereocenters. The SMILES string of the molecule is C=CC/C=C\C=C/Cc1ccccc1OCCC1CC2C=CC1C2. The molecule has 1 fully saturated rings. The van der Waals surface area contributed by atoms with Crippen LogP contribution in [0.25, 0.3) is 0 Å². The average Bonchev–Trinajstić information content (AvgIpc) is 3.22. The van der Waals surface area contributed by atoms with E-state index in [4.69, 9.17) is 4.74 Å². The second kappa shape index (κ2) is 8.73. The minimum Gasteiger partial charge on any atom is -0.493 e. The quantitative estimate of drug-likeness (QED) is 0.406. The van der Waals surface area contributed by atoms with Gasteiger partial charge in [0, 0.05) is 0 Å². The van der Waals surface area contributed by atoms with Crippen LogP contribution in [0.1, 0.15) is 31.2 Å². The molecule has 2 bridgehead atoms. The topological polar surface area (TPSA) is 9.23 Å². The Labute approximate surface area is 146 Å². The van der Waals surface area contributed by atoms with Gasteiger partial charge < -0.3 is 4.74 Å². The van der Waals surface area contributed by atoms with Gasteiger partial charge in [0.15, 0.2) is 0 Å². The average molecular weight is 320 g/mol. The molecule has 0 saturated heterocycles. The van der Waals surface area contributed by atoms with Crippen molar-refractivity contribution in [1.82, 2.24) is 0 Å². The third-order valence-corrected chi connectivity index (χ3v) is 5.16. The summed E-state index contributed by atoms with van der Waals surface area (Å²) in [6.45, 7) is 4.55. The molecule has 1 aromatic carbocycles. The predicted octanol–water partition coefficient (Wildman–Crippen LogP) is 5.90. The second-order valence-electron chi connectivity index (χ2n) is 6.87. The molecule has 3 rings (SSSR count). The first-order valence-corrected chi connectivity index (χ1v) is 9.18. The Balaban J connectivity index is 1.47. The molecule has 126 valence electrons. The van der Waals surface area contributed by atoms with Gasteiger partial charge in [0.2, 0.25) is 0 Å². The maximum atomic E-state index is 6.11. The van der Waals surface area contributed by atoms with E-state index in [1.807, 2.05) is 6.08 Å². The van der Waals surface area contributed by atoms with Crippen molar-refractivity contribution in [1.29, 1.82) is 0 Å². The van der Waals surface area contributed by atoms with Crippen LogP contribution in [-0.2, 0) is 6.42 Å². The first kappa shape index (κ1) is 16.8. The summed E-state index contributed by atoms with van der Waals surface area (Å²) in [6, 6.07) is 8.40. The number of para-hydroxylation sites is 1. The monoisotopic (exact) mass is 320 g/mol. The molecule has 0 heterocycles. The number of allylic oxidation sites excluding steroid dienone is 7. The van der Waals surface area contributed by atoms with Gasteiger partial charge in [0.1, 0.15) is 5.75 Å². The van der Waals surface area contributed by atoms with Gasteiger partial charge in [0.05, 0.1) is 6.61 Å². The Morgan fingerprint density at radius 2 is 1.96 bits per heavy atom. The lowest BCUT2D eigenvalue weighted by Gasteiger charge is -2.18. The van der Waals surface area contributed by atoms with Gasteiger partial charge in [-0.05, 0) is 61.5 Å². The lowest BCUT2D eigenvalue weighted by atomic mass is 9.91. The molecule has 1 saturated carbocycles. The Bertz CT molecular complexity index is 623. The van der Waals surface area contributed by atoms with E-state index in [1.54, 1.807) is 0 Å². The number of benzene rings is 1. The van der Waals surface area contributed by atoms with E-state index in [-0.39, 0.29) is 0 Å². The summed E-state index contributed by atoms with van der Waals surface area (Å²) in [6.07, 6.45) is 21.0. The van der Waals surface area contributed by atoms with Crippen molar-refractivity contribution >= 4 is 0 Å². The van der Waals surface area contributed by atoms with Crippen LogP contribution in [0.2, 0.25) is 0 Å². The fraction of sp³-hybridized carbons (Fsp3) is 0.391. The van der Waals surface area contributed by atoms with E-state index in [2.05, 4.69) is 67.3 Å². The highest BCUT2D eigenvalue weighted by Crippen LogP contribution is 2.44. The zero-order valence-electron chi connectivity index (χ0n) is 14.4. The molecule has 1 aromatic rings. The van der Waals surface area contributed by atoms with Crippen LogP contribution in [0.3, 0.4) is 0 Å². The van der Waals surface area contributed by atoms with Crippen molar-refractivity contribution in [3.63, 3.8) is 0 Å². The van der Waals surface area contributed by atoms with Crippen LogP contribution < -0.4 is 4.74 Å². The summed E-state index contributed by atoms with van der Waals surface area (Å²) < 4.78 is 6.11. The van der Waals surface area contributed by atoms with Crippen molar-refractivity contribution in [3.8, 4) is 5.75 Å². The van der Waals surface area contributed by atoms with E-state index in [9.17, 15) is 0 Å². The number of hydrogen-bond donors (Lipinski definition) is 0. The van der Waals surface area contributed by atoms with Crippen LogP contribution in [0, 0.1) is 17.8 Å². The highest BCUT2D eigenvalue weighted by atomic mass is 16.5. The first-order chi connectivity index (χ1) is 11.9. The van der Waals surface area contributed by atoms with Crippen molar-refractivity contribution in [2.75, 3.05) is 6.61 Å². The summed E-state index contributed by atoms with van der Waals surface area (Å²) in [5.74, 6) is 3.55. The summed E-state index contributed by atoms with van der Waals surface area (Å²) in [5, 5.41) is 0. The summed E-state index contributed by atoms with van der Waals surface area (Å²) in [5.41, 5.74) is 1.26. The Morgan fingerprint density at radius 3 is 2.75 bits per heavy atom. The van der Waals surface area contributed by atoms with Crippen molar-refractivity contribution in [2.24, 2.45) is 17.8 Å². The number of fused-ring (bicyclic) bond motifs is 2. The maximum Gasteiger partial charge on any atom is 0.122 e. The number of ether oxygens (including phenoxy) is 1. The normalized spacial score (nSPS) is 25.1.